The van der Waals surface area contributed by atoms with Crippen LogP contribution in [0.15, 0.2) is 36.7 Å². The van der Waals surface area contributed by atoms with Crippen LogP contribution in [0, 0.1) is 0 Å². The molecule has 1 heterocycles. The minimum absolute atomic E-state index is 0.353. The van der Waals surface area contributed by atoms with Gasteiger partial charge in [0.05, 0.1) is 18.1 Å². The van der Waals surface area contributed by atoms with E-state index in [4.69, 9.17) is 27.9 Å². The Bertz CT molecular complexity index is 411. The summed E-state index contributed by atoms with van der Waals surface area (Å²) in [7, 11) is 0. The molecule has 0 amide bonds. The largest absolute Gasteiger partial charge is 0.487 e. The van der Waals surface area contributed by atoms with E-state index < -0.39 is 0 Å². The topological polar surface area (TPSA) is 35.0 Å². The second-order valence-electron chi connectivity index (χ2n) is 3.07. The van der Waals surface area contributed by atoms with E-state index in [0.717, 1.165) is 11.4 Å². The summed E-state index contributed by atoms with van der Waals surface area (Å²) in [5, 5.41) is 1.05. The molecule has 0 radical (unpaired) electrons. The molecule has 82 valence electrons. The van der Waals surface area contributed by atoms with Crippen LogP contribution in [0.3, 0.4) is 0 Å². The summed E-state index contributed by atoms with van der Waals surface area (Å²) < 4.78 is 5.48. The molecule has 0 aliphatic carbocycles. The van der Waals surface area contributed by atoms with Gasteiger partial charge >= 0.3 is 0 Å². The molecule has 0 N–H and O–H groups in total. The van der Waals surface area contributed by atoms with Crippen molar-refractivity contribution in [3.63, 3.8) is 0 Å². The van der Waals surface area contributed by atoms with E-state index in [1.54, 1.807) is 30.5 Å². The molecule has 0 bridgehead atoms. The van der Waals surface area contributed by atoms with E-state index in [2.05, 4.69) is 9.97 Å². The predicted molar refractivity (Wildman–Crippen MR) is 62.8 cm³/mol. The molecule has 0 spiro atoms. The van der Waals surface area contributed by atoms with Crippen molar-refractivity contribution in [3.8, 4) is 5.75 Å². The number of nitrogens with zero attached hydrogens (tertiary/aromatic N) is 2. The van der Waals surface area contributed by atoms with Gasteiger partial charge in [-0.25, -0.2) is 4.98 Å². The predicted octanol–water partition coefficient (Wildman–Crippen LogP) is 3.36. The fourth-order valence-electron chi connectivity index (χ4n) is 1.10. The molecule has 5 heteroatoms. The van der Waals surface area contributed by atoms with Gasteiger partial charge in [0.15, 0.2) is 0 Å². The second kappa shape index (κ2) is 5.14. The molecular weight excluding hydrogens is 247 g/mol. The molecule has 2 rings (SSSR count). The van der Waals surface area contributed by atoms with Gasteiger partial charge in [0, 0.05) is 5.02 Å². The van der Waals surface area contributed by atoms with Gasteiger partial charge in [-0.1, -0.05) is 23.2 Å². The first-order valence-electron chi connectivity index (χ1n) is 4.59. The highest BCUT2D eigenvalue weighted by atomic mass is 35.5. The van der Waals surface area contributed by atoms with Crippen molar-refractivity contribution in [2.75, 3.05) is 0 Å². The van der Waals surface area contributed by atoms with Crippen LogP contribution in [0.1, 0.15) is 5.69 Å². The third-order valence-electron chi connectivity index (χ3n) is 1.87. The highest BCUT2D eigenvalue weighted by molar-refractivity contribution is 6.30. The zero-order chi connectivity index (χ0) is 11.4. The first-order valence-corrected chi connectivity index (χ1v) is 5.34. The Kier molecular flexibility index (Phi) is 3.59. The van der Waals surface area contributed by atoms with Crippen molar-refractivity contribution >= 4 is 23.2 Å². The Morgan fingerprint density at radius 2 is 1.75 bits per heavy atom. The van der Waals surface area contributed by atoms with Crippen LogP contribution in [0.4, 0.5) is 0 Å². The smallest absolute Gasteiger partial charge is 0.147 e. The fourth-order valence-corrected chi connectivity index (χ4v) is 1.33. The molecule has 16 heavy (non-hydrogen) atoms. The SMILES string of the molecule is Clc1ccc(OCc2cnc(Cl)cn2)cc1. The summed E-state index contributed by atoms with van der Waals surface area (Å²) in [6.45, 7) is 0.353. The van der Waals surface area contributed by atoms with E-state index in [9.17, 15) is 0 Å². The summed E-state index contributed by atoms with van der Waals surface area (Å²) >= 11 is 11.4. The molecule has 0 aliphatic rings. The number of ether oxygens (including phenoxy) is 1. The lowest BCUT2D eigenvalue weighted by molar-refractivity contribution is 0.301. The van der Waals surface area contributed by atoms with Gasteiger partial charge in [-0.3, -0.25) is 4.98 Å². The van der Waals surface area contributed by atoms with Crippen LogP contribution in [-0.2, 0) is 6.61 Å². The number of hydrogen-bond donors (Lipinski definition) is 0. The standard InChI is InChI=1S/C11H8Cl2N2O/c12-8-1-3-10(4-2-8)16-7-9-5-15-11(13)6-14-9/h1-6H,7H2. The van der Waals surface area contributed by atoms with Gasteiger partial charge in [0.2, 0.25) is 0 Å². The van der Waals surface area contributed by atoms with Crippen molar-refractivity contribution in [2.45, 2.75) is 6.61 Å². The van der Waals surface area contributed by atoms with Crippen molar-refractivity contribution in [2.24, 2.45) is 0 Å². The Hall–Kier alpha value is -1.32. The zero-order valence-corrected chi connectivity index (χ0v) is 9.74. The molecule has 0 unspecified atom stereocenters. The van der Waals surface area contributed by atoms with E-state index in [-0.39, 0.29) is 0 Å². The minimum Gasteiger partial charge on any atom is -0.487 e. The molecule has 0 saturated heterocycles. The number of hydrogen-bond acceptors (Lipinski definition) is 3. The molecule has 0 fully saturated rings. The van der Waals surface area contributed by atoms with Crippen molar-refractivity contribution in [1.29, 1.82) is 0 Å². The van der Waals surface area contributed by atoms with E-state index in [1.165, 1.54) is 6.20 Å². The summed E-state index contributed by atoms with van der Waals surface area (Å²) in [5.41, 5.74) is 0.722. The summed E-state index contributed by atoms with van der Waals surface area (Å²) in [4.78, 5) is 7.97. The van der Waals surface area contributed by atoms with Crippen molar-refractivity contribution in [1.82, 2.24) is 9.97 Å². The highest BCUT2D eigenvalue weighted by Crippen LogP contribution is 2.16. The maximum Gasteiger partial charge on any atom is 0.147 e. The van der Waals surface area contributed by atoms with E-state index in [0.29, 0.717) is 16.8 Å². The zero-order valence-electron chi connectivity index (χ0n) is 8.23. The first kappa shape index (κ1) is 11.2. The molecular formula is C11H8Cl2N2O. The number of rotatable bonds is 3. The maximum absolute atomic E-state index is 5.75. The molecule has 1 aromatic heterocycles. The third kappa shape index (κ3) is 3.08. The molecule has 0 aliphatic heterocycles. The van der Waals surface area contributed by atoms with Crippen LogP contribution < -0.4 is 4.74 Å². The Morgan fingerprint density at radius 1 is 1.00 bits per heavy atom. The third-order valence-corrected chi connectivity index (χ3v) is 2.32. The number of halogens is 2. The van der Waals surface area contributed by atoms with Crippen LogP contribution in [-0.4, -0.2) is 9.97 Å². The lowest BCUT2D eigenvalue weighted by atomic mass is 10.3. The highest BCUT2D eigenvalue weighted by Gasteiger charge is 1.98. The van der Waals surface area contributed by atoms with Crippen LogP contribution >= 0.6 is 23.2 Å². The van der Waals surface area contributed by atoms with E-state index in [1.807, 2.05) is 0 Å². The average molecular weight is 255 g/mol. The number of benzene rings is 1. The second-order valence-corrected chi connectivity index (χ2v) is 3.90. The Labute approximate surface area is 103 Å². The van der Waals surface area contributed by atoms with Gasteiger partial charge < -0.3 is 4.74 Å². The van der Waals surface area contributed by atoms with Crippen LogP contribution in [0.2, 0.25) is 10.2 Å². The molecule has 0 atom stereocenters. The lowest BCUT2D eigenvalue weighted by Gasteiger charge is -2.05. The van der Waals surface area contributed by atoms with Gasteiger partial charge in [-0.2, -0.15) is 0 Å². The summed E-state index contributed by atoms with van der Waals surface area (Å²) in [5.74, 6) is 0.737. The van der Waals surface area contributed by atoms with Gasteiger partial charge in [0.1, 0.15) is 17.5 Å². The van der Waals surface area contributed by atoms with Gasteiger partial charge in [0.25, 0.3) is 0 Å². The quantitative estimate of drug-likeness (QED) is 0.843. The Morgan fingerprint density at radius 3 is 2.38 bits per heavy atom. The lowest BCUT2D eigenvalue weighted by Crippen LogP contribution is -1.98. The summed E-state index contributed by atoms with van der Waals surface area (Å²) in [6, 6.07) is 7.13. The number of aromatic nitrogens is 2. The normalized spacial score (nSPS) is 10.1. The molecule has 1 aromatic carbocycles. The van der Waals surface area contributed by atoms with E-state index >= 15 is 0 Å². The average Bonchev–Trinajstić information content (AvgIpc) is 2.30. The van der Waals surface area contributed by atoms with Crippen LogP contribution in [0.25, 0.3) is 0 Å². The Balaban J connectivity index is 1.97. The van der Waals surface area contributed by atoms with Crippen LogP contribution in [0.5, 0.6) is 5.75 Å². The van der Waals surface area contributed by atoms with Crippen molar-refractivity contribution in [3.05, 3.63) is 52.5 Å². The van der Waals surface area contributed by atoms with Gasteiger partial charge in [-0.05, 0) is 24.3 Å². The molecule has 0 saturated carbocycles. The van der Waals surface area contributed by atoms with Crippen molar-refractivity contribution < 1.29 is 4.74 Å². The molecule has 2 aromatic rings. The summed E-state index contributed by atoms with van der Waals surface area (Å²) in [6.07, 6.45) is 3.07. The first-order chi connectivity index (χ1) is 7.74. The fraction of sp³-hybridized carbons (Fsp3) is 0.0909. The molecule has 3 nitrogen and oxygen atoms in total. The monoisotopic (exact) mass is 254 g/mol. The minimum atomic E-state index is 0.353. The maximum atomic E-state index is 5.75. The van der Waals surface area contributed by atoms with Gasteiger partial charge in [-0.15, -0.1) is 0 Å².